The van der Waals surface area contributed by atoms with E-state index in [1.807, 2.05) is 24.4 Å². The molecule has 6 heteroatoms. The molecule has 3 heterocycles. The van der Waals surface area contributed by atoms with Crippen molar-refractivity contribution in [2.24, 2.45) is 0 Å². The number of benzene rings is 1. The van der Waals surface area contributed by atoms with Gasteiger partial charge in [-0.3, -0.25) is 5.10 Å². The molecule has 6 nitrogen and oxygen atoms in total. The second kappa shape index (κ2) is 7.11. The van der Waals surface area contributed by atoms with Crippen LogP contribution in [0.15, 0.2) is 36.5 Å². The van der Waals surface area contributed by atoms with Crippen molar-refractivity contribution in [2.75, 3.05) is 37.8 Å². The molecule has 3 aromatic rings. The molecule has 0 spiro atoms. The Hall–Kier alpha value is -2.60. The van der Waals surface area contributed by atoms with Gasteiger partial charge in [0.25, 0.3) is 0 Å². The van der Waals surface area contributed by atoms with E-state index in [4.69, 9.17) is 9.47 Å². The molecule has 0 aliphatic carbocycles. The van der Waals surface area contributed by atoms with Crippen molar-refractivity contribution in [1.29, 1.82) is 0 Å². The zero-order chi connectivity index (χ0) is 17.1. The third-order valence-electron chi connectivity index (χ3n) is 4.36. The van der Waals surface area contributed by atoms with Crippen molar-refractivity contribution < 1.29 is 9.47 Å². The second-order valence-corrected chi connectivity index (χ2v) is 6.13. The van der Waals surface area contributed by atoms with E-state index >= 15 is 0 Å². The van der Waals surface area contributed by atoms with Gasteiger partial charge >= 0.3 is 0 Å². The van der Waals surface area contributed by atoms with Gasteiger partial charge in [-0.05, 0) is 36.8 Å². The molecule has 0 saturated carbocycles. The summed E-state index contributed by atoms with van der Waals surface area (Å²) < 4.78 is 11.2. The summed E-state index contributed by atoms with van der Waals surface area (Å²) in [5.41, 5.74) is 2.98. The van der Waals surface area contributed by atoms with Crippen LogP contribution in [0.1, 0.15) is 13.3 Å². The number of ether oxygens (including phenoxy) is 2. The van der Waals surface area contributed by atoms with Gasteiger partial charge in [0.05, 0.1) is 25.3 Å². The van der Waals surface area contributed by atoms with Gasteiger partial charge in [0.1, 0.15) is 17.3 Å². The molecule has 1 fully saturated rings. The average molecular weight is 338 g/mol. The number of fused-ring (bicyclic) bond motifs is 1. The first-order chi connectivity index (χ1) is 12.3. The fraction of sp³-hybridized carbons (Fsp3) is 0.368. The largest absolute Gasteiger partial charge is 0.494 e. The summed E-state index contributed by atoms with van der Waals surface area (Å²) in [6.45, 7) is 6.05. The molecule has 2 aromatic heterocycles. The molecule has 0 radical (unpaired) electrons. The topological polar surface area (TPSA) is 63.3 Å². The maximum absolute atomic E-state index is 5.77. The van der Waals surface area contributed by atoms with Gasteiger partial charge in [-0.25, -0.2) is 4.98 Å². The molecule has 0 atom stereocenters. The Bertz CT molecular complexity index is 856. The summed E-state index contributed by atoms with van der Waals surface area (Å²) in [5, 5.41) is 8.69. The van der Waals surface area contributed by atoms with E-state index in [1.54, 1.807) is 0 Å². The minimum Gasteiger partial charge on any atom is -0.494 e. The Kier molecular flexibility index (Phi) is 4.52. The van der Waals surface area contributed by atoms with Crippen molar-refractivity contribution in [3.05, 3.63) is 36.5 Å². The quantitative estimate of drug-likeness (QED) is 0.774. The molecule has 0 unspecified atom stereocenters. The van der Waals surface area contributed by atoms with Gasteiger partial charge in [0.15, 0.2) is 0 Å². The van der Waals surface area contributed by atoms with Crippen LogP contribution in [-0.4, -0.2) is 48.1 Å². The summed E-state index contributed by atoms with van der Waals surface area (Å²) in [4.78, 5) is 6.77. The second-order valence-electron chi connectivity index (χ2n) is 6.13. The fourth-order valence-corrected chi connectivity index (χ4v) is 3.05. The molecule has 1 saturated heterocycles. The molecule has 1 aliphatic heterocycles. The van der Waals surface area contributed by atoms with Gasteiger partial charge in [-0.1, -0.05) is 6.92 Å². The van der Waals surface area contributed by atoms with Crippen LogP contribution in [0.25, 0.3) is 22.2 Å². The summed E-state index contributed by atoms with van der Waals surface area (Å²) in [6, 6.07) is 10.1. The summed E-state index contributed by atoms with van der Waals surface area (Å²) >= 11 is 0. The van der Waals surface area contributed by atoms with Crippen LogP contribution in [0.5, 0.6) is 5.75 Å². The fourth-order valence-electron chi connectivity index (χ4n) is 3.05. The van der Waals surface area contributed by atoms with Crippen molar-refractivity contribution in [3.63, 3.8) is 0 Å². The van der Waals surface area contributed by atoms with Gasteiger partial charge < -0.3 is 14.4 Å². The van der Waals surface area contributed by atoms with Gasteiger partial charge in [0.2, 0.25) is 0 Å². The lowest BCUT2D eigenvalue weighted by Crippen LogP contribution is -2.36. The molecule has 1 aromatic carbocycles. The number of nitrogens with zero attached hydrogens (tertiary/aromatic N) is 3. The smallest absolute Gasteiger partial charge is 0.129 e. The van der Waals surface area contributed by atoms with Crippen molar-refractivity contribution >= 4 is 16.7 Å². The molecule has 0 amide bonds. The number of pyridine rings is 1. The van der Waals surface area contributed by atoms with Crippen molar-refractivity contribution in [3.8, 4) is 17.0 Å². The van der Waals surface area contributed by atoms with Crippen LogP contribution < -0.4 is 9.64 Å². The molecule has 4 rings (SSSR count). The lowest BCUT2D eigenvalue weighted by Gasteiger charge is -2.27. The first-order valence-corrected chi connectivity index (χ1v) is 8.75. The molecular weight excluding hydrogens is 316 g/mol. The van der Waals surface area contributed by atoms with Crippen LogP contribution in [0, 0.1) is 0 Å². The van der Waals surface area contributed by atoms with E-state index in [0.717, 1.165) is 73.1 Å². The first-order valence-electron chi connectivity index (χ1n) is 8.75. The highest BCUT2D eigenvalue weighted by Crippen LogP contribution is 2.30. The zero-order valence-electron chi connectivity index (χ0n) is 14.4. The summed E-state index contributed by atoms with van der Waals surface area (Å²) in [6.07, 6.45) is 2.83. The maximum Gasteiger partial charge on any atom is 0.129 e. The van der Waals surface area contributed by atoms with E-state index in [9.17, 15) is 0 Å². The number of anilines is 1. The highest BCUT2D eigenvalue weighted by atomic mass is 16.5. The van der Waals surface area contributed by atoms with Crippen LogP contribution in [-0.2, 0) is 4.74 Å². The summed E-state index contributed by atoms with van der Waals surface area (Å²) in [5.74, 6) is 1.84. The Morgan fingerprint density at radius 1 is 1.20 bits per heavy atom. The minimum atomic E-state index is 0.717. The van der Waals surface area contributed by atoms with Crippen LogP contribution >= 0.6 is 0 Å². The Morgan fingerprint density at radius 2 is 2.08 bits per heavy atom. The molecule has 130 valence electrons. The third kappa shape index (κ3) is 3.30. The maximum atomic E-state index is 5.77. The van der Waals surface area contributed by atoms with Gasteiger partial charge in [-0.15, -0.1) is 0 Å². The van der Waals surface area contributed by atoms with E-state index in [0.29, 0.717) is 0 Å². The van der Waals surface area contributed by atoms with Crippen LogP contribution in [0.2, 0.25) is 0 Å². The molecular formula is C19H22N4O2. The predicted molar refractivity (Wildman–Crippen MR) is 98.1 cm³/mol. The predicted octanol–water partition coefficient (Wildman–Crippen LogP) is 3.25. The number of hydrogen-bond acceptors (Lipinski definition) is 5. The number of aromatic amines is 1. The standard InChI is InChI=1S/C19H22N4O2/c1-2-9-25-15-3-4-17-16(13-15)19(22-21-17)14-5-6-20-18(12-14)23-7-10-24-11-8-23/h3-6,12-13H,2,7-11H2,1H3,(H,21,22). The SMILES string of the molecule is CCCOc1ccc2[nH]nc(-c3ccnc(N4CCOCC4)c3)c2c1. The van der Waals surface area contributed by atoms with Gasteiger partial charge in [0, 0.05) is 30.2 Å². The normalized spacial score (nSPS) is 14.8. The highest BCUT2D eigenvalue weighted by molar-refractivity contribution is 5.94. The van der Waals surface area contributed by atoms with Crippen molar-refractivity contribution in [1.82, 2.24) is 15.2 Å². The number of nitrogens with one attached hydrogen (secondary N) is 1. The minimum absolute atomic E-state index is 0.717. The Morgan fingerprint density at radius 3 is 2.92 bits per heavy atom. The zero-order valence-corrected chi connectivity index (χ0v) is 14.4. The number of H-pyrrole nitrogens is 1. The number of aromatic nitrogens is 3. The van der Waals surface area contributed by atoms with Crippen molar-refractivity contribution in [2.45, 2.75) is 13.3 Å². The van der Waals surface area contributed by atoms with E-state index in [1.165, 1.54) is 0 Å². The average Bonchev–Trinajstić information content (AvgIpc) is 3.10. The van der Waals surface area contributed by atoms with Crippen LogP contribution in [0.4, 0.5) is 5.82 Å². The highest BCUT2D eigenvalue weighted by Gasteiger charge is 2.15. The number of morpholine rings is 1. The molecule has 1 aliphatic rings. The Balaban J connectivity index is 1.68. The van der Waals surface area contributed by atoms with E-state index in [-0.39, 0.29) is 0 Å². The third-order valence-corrected chi connectivity index (χ3v) is 4.36. The number of rotatable bonds is 5. The Labute approximate surface area is 146 Å². The summed E-state index contributed by atoms with van der Waals surface area (Å²) in [7, 11) is 0. The lowest BCUT2D eigenvalue weighted by atomic mass is 10.1. The monoisotopic (exact) mass is 338 g/mol. The van der Waals surface area contributed by atoms with Crippen LogP contribution in [0.3, 0.4) is 0 Å². The first kappa shape index (κ1) is 15.9. The van der Waals surface area contributed by atoms with Gasteiger partial charge in [-0.2, -0.15) is 5.10 Å². The van der Waals surface area contributed by atoms with E-state index in [2.05, 4.69) is 39.1 Å². The lowest BCUT2D eigenvalue weighted by molar-refractivity contribution is 0.122. The van der Waals surface area contributed by atoms with E-state index < -0.39 is 0 Å². The molecule has 0 bridgehead atoms. The number of hydrogen-bond donors (Lipinski definition) is 1. The molecule has 25 heavy (non-hydrogen) atoms. The molecule has 1 N–H and O–H groups in total.